The SMILES string of the molecule is CC1=NC(C)=C(C(=O)OC(C)C)C(c2cn[nH]c2-c2ccc(F)cc2)C1C(=O)OC(C)C. The van der Waals surface area contributed by atoms with Crippen molar-refractivity contribution in [1.29, 1.82) is 0 Å². The van der Waals surface area contributed by atoms with E-state index in [1.165, 1.54) is 12.1 Å². The lowest BCUT2D eigenvalue weighted by molar-refractivity contribution is -0.150. The zero-order valence-corrected chi connectivity index (χ0v) is 19.1. The number of aromatic nitrogens is 2. The van der Waals surface area contributed by atoms with Crippen molar-refractivity contribution in [2.45, 2.75) is 59.7 Å². The molecule has 0 aliphatic carbocycles. The molecule has 8 heteroatoms. The number of benzene rings is 1. The Morgan fingerprint density at radius 2 is 1.66 bits per heavy atom. The third-order valence-electron chi connectivity index (χ3n) is 5.13. The maximum atomic E-state index is 13.5. The summed E-state index contributed by atoms with van der Waals surface area (Å²) in [5, 5.41) is 7.10. The van der Waals surface area contributed by atoms with Gasteiger partial charge in [-0.2, -0.15) is 5.10 Å². The van der Waals surface area contributed by atoms with E-state index in [4.69, 9.17) is 9.47 Å². The van der Waals surface area contributed by atoms with Crippen molar-refractivity contribution in [2.75, 3.05) is 0 Å². The van der Waals surface area contributed by atoms with Gasteiger partial charge in [0.1, 0.15) is 11.7 Å². The van der Waals surface area contributed by atoms with E-state index in [0.29, 0.717) is 28.2 Å². The van der Waals surface area contributed by atoms with Crippen molar-refractivity contribution >= 4 is 17.7 Å². The lowest BCUT2D eigenvalue weighted by Gasteiger charge is -2.32. The molecule has 1 aromatic heterocycles. The van der Waals surface area contributed by atoms with Crippen LogP contribution in [0.3, 0.4) is 0 Å². The summed E-state index contributed by atoms with van der Waals surface area (Å²) in [7, 11) is 0. The number of esters is 2. The highest BCUT2D eigenvalue weighted by Gasteiger charge is 2.44. The van der Waals surface area contributed by atoms with Crippen molar-refractivity contribution in [3.63, 3.8) is 0 Å². The predicted octanol–water partition coefficient (Wildman–Crippen LogP) is 4.57. The van der Waals surface area contributed by atoms with Gasteiger partial charge in [-0.25, -0.2) is 9.18 Å². The van der Waals surface area contributed by atoms with Gasteiger partial charge in [-0.3, -0.25) is 14.9 Å². The third-order valence-corrected chi connectivity index (χ3v) is 5.13. The second-order valence-corrected chi connectivity index (χ2v) is 8.35. The summed E-state index contributed by atoms with van der Waals surface area (Å²) in [6.45, 7) is 10.5. The average molecular weight is 442 g/mol. The van der Waals surface area contributed by atoms with Crippen molar-refractivity contribution in [3.05, 3.63) is 53.1 Å². The van der Waals surface area contributed by atoms with Crippen LogP contribution in [0.5, 0.6) is 0 Å². The Balaban J connectivity index is 2.19. The van der Waals surface area contributed by atoms with E-state index in [1.54, 1.807) is 59.9 Å². The molecule has 0 spiro atoms. The largest absolute Gasteiger partial charge is 0.462 e. The first-order chi connectivity index (χ1) is 15.1. The van der Waals surface area contributed by atoms with E-state index in [2.05, 4.69) is 15.2 Å². The summed E-state index contributed by atoms with van der Waals surface area (Å²) >= 11 is 0. The Morgan fingerprint density at radius 1 is 1.03 bits per heavy atom. The number of hydrogen-bond donors (Lipinski definition) is 1. The highest BCUT2D eigenvalue weighted by molar-refractivity contribution is 6.07. The minimum absolute atomic E-state index is 0.278. The first-order valence-corrected chi connectivity index (χ1v) is 10.6. The first kappa shape index (κ1) is 23.4. The number of hydrogen-bond acceptors (Lipinski definition) is 6. The molecular weight excluding hydrogens is 413 g/mol. The second kappa shape index (κ2) is 9.46. The topological polar surface area (TPSA) is 93.6 Å². The Bertz CT molecular complexity index is 1070. The standard InChI is InChI=1S/C24H28FN3O4/c1-12(2)31-23(29)19-14(5)27-15(6)20(24(30)32-13(3)4)21(19)18-11-26-28-22(18)16-7-9-17(25)10-8-16/h7-13,19,21H,1-6H3,(H,26,28). The maximum Gasteiger partial charge on any atom is 0.336 e. The van der Waals surface area contributed by atoms with Crippen LogP contribution in [0.2, 0.25) is 0 Å². The van der Waals surface area contributed by atoms with Crippen molar-refractivity contribution in [3.8, 4) is 11.3 Å². The molecule has 3 rings (SSSR count). The molecule has 0 saturated heterocycles. The van der Waals surface area contributed by atoms with Crippen molar-refractivity contribution in [1.82, 2.24) is 10.2 Å². The van der Waals surface area contributed by atoms with Crippen LogP contribution in [0.1, 0.15) is 53.0 Å². The number of ether oxygens (including phenoxy) is 2. The number of aliphatic imine (C=N–C) groups is 1. The van der Waals surface area contributed by atoms with Gasteiger partial charge in [0.05, 0.1) is 29.7 Å². The lowest BCUT2D eigenvalue weighted by Crippen LogP contribution is -2.37. The summed E-state index contributed by atoms with van der Waals surface area (Å²) in [6.07, 6.45) is 0.889. The minimum atomic E-state index is -0.840. The Kier molecular flexibility index (Phi) is 6.91. The van der Waals surface area contributed by atoms with Gasteiger partial charge in [-0.05, 0) is 65.8 Å². The van der Waals surface area contributed by atoms with Crippen LogP contribution >= 0.6 is 0 Å². The Morgan fingerprint density at radius 3 is 2.25 bits per heavy atom. The molecule has 1 aliphatic rings. The van der Waals surface area contributed by atoms with Crippen LogP contribution in [0, 0.1) is 11.7 Å². The fraction of sp³-hybridized carbons (Fsp3) is 0.417. The summed E-state index contributed by atoms with van der Waals surface area (Å²) in [5.41, 5.74) is 3.13. The Labute approximate surface area is 186 Å². The molecule has 2 unspecified atom stereocenters. The molecule has 0 radical (unpaired) electrons. The van der Waals surface area contributed by atoms with E-state index >= 15 is 0 Å². The van der Waals surface area contributed by atoms with Gasteiger partial charge in [0, 0.05) is 28.5 Å². The van der Waals surface area contributed by atoms with Crippen molar-refractivity contribution in [2.24, 2.45) is 10.9 Å². The molecule has 1 aliphatic heterocycles. The normalized spacial score (nSPS) is 18.7. The summed E-state index contributed by atoms with van der Waals surface area (Å²) < 4.78 is 24.5. The van der Waals surface area contributed by atoms with E-state index in [0.717, 1.165) is 0 Å². The van der Waals surface area contributed by atoms with Crippen LogP contribution in [-0.4, -0.2) is 40.1 Å². The van der Waals surface area contributed by atoms with Gasteiger partial charge < -0.3 is 9.47 Å². The van der Waals surface area contributed by atoms with Gasteiger partial charge in [0.15, 0.2) is 0 Å². The number of carbonyl (C=O) groups is 2. The van der Waals surface area contributed by atoms with Crippen molar-refractivity contribution < 1.29 is 23.5 Å². The molecule has 0 bridgehead atoms. The summed E-state index contributed by atoms with van der Waals surface area (Å²) in [4.78, 5) is 30.8. The fourth-order valence-electron chi connectivity index (χ4n) is 3.91. The van der Waals surface area contributed by atoms with E-state index in [1.807, 2.05) is 0 Å². The number of nitrogens with zero attached hydrogens (tertiary/aromatic N) is 2. The predicted molar refractivity (Wildman–Crippen MR) is 118 cm³/mol. The smallest absolute Gasteiger partial charge is 0.336 e. The zero-order valence-electron chi connectivity index (χ0n) is 19.1. The molecule has 32 heavy (non-hydrogen) atoms. The van der Waals surface area contributed by atoms with Crippen LogP contribution in [0.15, 0.2) is 46.7 Å². The molecule has 1 N–H and O–H groups in total. The number of nitrogens with one attached hydrogen (secondary N) is 1. The number of H-pyrrole nitrogens is 1. The van der Waals surface area contributed by atoms with Crippen LogP contribution < -0.4 is 0 Å². The first-order valence-electron chi connectivity index (χ1n) is 10.6. The molecule has 2 heterocycles. The van der Waals surface area contributed by atoms with Gasteiger partial charge >= 0.3 is 11.9 Å². The molecule has 2 aromatic rings. The van der Waals surface area contributed by atoms with Crippen LogP contribution in [0.4, 0.5) is 4.39 Å². The Hall–Kier alpha value is -3.29. The average Bonchev–Trinajstić information content (AvgIpc) is 3.16. The van der Waals surface area contributed by atoms with Crippen LogP contribution in [0.25, 0.3) is 11.3 Å². The molecule has 1 aromatic carbocycles. The van der Waals surface area contributed by atoms with Gasteiger partial charge in [-0.15, -0.1) is 0 Å². The van der Waals surface area contributed by atoms with E-state index in [-0.39, 0.29) is 23.6 Å². The second-order valence-electron chi connectivity index (χ2n) is 8.35. The quantitative estimate of drug-likeness (QED) is 0.663. The summed E-state index contributed by atoms with van der Waals surface area (Å²) in [6, 6.07) is 5.90. The lowest BCUT2D eigenvalue weighted by atomic mass is 9.75. The molecular formula is C24H28FN3O4. The maximum absolute atomic E-state index is 13.5. The number of carbonyl (C=O) groups excluding carboxylic acids is 2. The van der Waals surface area contributed by atoms with Gasteiger partial charge in [-0.1, -0.05) is 0 Å². The molecule has 0 saturated carbocycles. The van der Waals surface area contributed by atoms with Gasteiger partial charge in [0.2, 0.25) is 0 Å². The van der Waals surface area contributed by atoms with Crippen LogP contribution in [-0.2, 0) is 19.1 Å². The van der Waals surface area contributed by atoms with Gasteiger partial charge in [0.25, 0.3) is 0 Å². The minimum Gasteiger partial charge on any atom is -0.462 e. The molecule has 2 atom stereocenters. The van der Waals surface area contributed by atoms with E-state index < -0.39 is 23.8 Å². The number of rotatable bonds is 6. The number of halogens is 1. The van der Waals surface area contributed by atoms with E-state index in [9.17, 15) is 14.0 Å². The molecule has 170 valence electrons. The molecule has 0 amide bonds. The monoisotopic (exact) mass is 441 g/mol. The molecule has 0 fully saturated rings. The fourth-order valence-corrected chi connectivity index (χ4v) is 3.91. The summed E-state index contributed by atoms with van der Waals surface area (Å²) in [5.74, 6) is -2.98. The number of aromatic amines is 1. The molecule has 7 nitrogen and oxygen atoms in total. The highest BCUT2D eigenvalue weighted by atomic mass is 19.1. The number of allylic oxidation sites excluding steroid dienone is 1. The highest BCUT2D eigenvalue weighted by Crippen LogP contribution is 2.43. The zero-order chi connectivity index (χ0) is 23.6. The third kappa shape index (κ3) is 4.79.